The van der Waals surface area contributed by atoms with Crippen molar-refractivity contribution in [1.82, 2.24) is 19.6 Å². The lowest BCUT2D eigenvalue weighted by molar-refractivity contribution is -0.385. The first-order valence-electron chi connectivity index (χ1n) is 12.2. The maximum atomic E-state index is 13.3. The van der Waals surface area contributed by atoms with Gasteiger partial charge in [0.15, 0.2) is 5.96 Å². The molecule has 0 unspecified atom stereocenters. The fourth-order valence-electron chi connectivity index (χ4n) is 4.67. The molecule has 2 heterocycles. The van der Waals surface area contributed by atoms with Gasteiger partial charge in [-0.3, -0.25) is 35.4 Å². The van der Waals surface area contributed by atoms with Crippen molar-refractivity contribution in [2.75, 3.05) is 52.4 Å². The van der Waals surface area contributed by atoms with E-state index in [0.29, 0.717) is 75.6 Å². The number of nitrogen functional groups attached to an aromatic ring is 1. The molecule has 0 radical (unpaired) electrons. The highest BCUT2D eigenvalue weighted by molar-refractivity contribution is 5.98. The number of nitrogens with two attached hydrogens (primary N) is 2. The molecule has 13 heteroatoms. The molecule has 13 nitrogen and oxygen atoms in total. The van der Waals surface area contributed by atoms with Crippen LogP contribution in [0.4, 0.5) is 5.69 Å². The summed E-state index contributed by atoms with van der Waals surface area (Å²) in [5, 5.41) is 26.6. The maximum Gasteiger partial charge on any atom is 0.270 e. The molecule has 38 heavy (non-hydrogen) atoms. The summed E-state index contributed by atoms with van der Waals surface area (Å²) in [6, 6.07) is 11.0. The SMILES string of the molecule is N=C(N)c1ccc(C(=O)N2CCN(C(=O)c3cc(CN4CCN(C(=N)N)CC4)cc([N+](=O)[O-])c3)CC2)cc1. The molecule has 0 aliphatic carbocycles. The van der Waals surface area contributed by atoms with E-state index in [1.807, 2.05) is 0 Å². The fourth-order valence-corrected chi connectivity index (χ4v) is 4.67. The summed E-state index contributed by atoms with van der Waals surface area (Å²) >= 11 is 0. The van der Waals surface area contributed by atoms with Crippen molar-refractivity contribution in [3.05, 3.63) is 74.8 Å². The number of nitro groups is 1. The van der Waals surface area contributed by atoms with Gasteiger partial charge in [-0.2, -0.15) is 0 Å². The molecule has 2 fully saturated rings. The molecule has 200 valence electrons. The molecule has 2 amide bonds. The minimum absolute atomic E-state index is 0.0283. The summed E-state index contributed by atoms with van der Waals surface area (Å²) in [5.41, 5.74) is 12.8. The van der Waals surface area contributed by atoms with Crippen molar-refractivity contribution in [1.29, 1.82) is 10.8 Å². The zero-order valence-corrected chi connectivity index (χ0v) is 20.9. The molecule has 2 aromatic carbocycles. The number of rotatable bonds is 6. The number of nitrogens with zero attached hydrogens (tertiary/aromatic N) is 5. The Bertz CT molecular complexity index is 1250. The Morgan fingerprint density at radius 1 is 0.763 bits per heavy atom. The number of benzene rings is 2. The van der Waals surface area contributed by atoms with Crippen molar-refractivity contribution in [2.45, 2.75) is 6.54 Å². The molecule has 2 saturated heterocycles. The lowest BCUT2D eigenvalue weighted by atomic mass is 10.1. The van der Waals surface area contributed by atoms with Crippen molar-refractivity contribution in [2.24, 2.45) is 11.5 Å². The monoisotopic (exact) mass is 521 g/mol. The van der Waals surface area contributed by atoms with Crippen LogP contribution in [0, 0.1) is 20.9 Å². The van der Waals surface area contributed by atoms with Crippen molar-refractivity contribution in [3.63, 3.8) is 0 Å². The Balaban J connectivity index is 1.40. The number of nitro benzene ring substituents is 1. The molecule has 0 aromatic heterocycles. The molecule has 6 N–H and O–H groups in total. The molecule has 2 aromatic rings. The number of carbonyl (C=O) groups excluding carboxylic acids is 2. The largest absolute Gasteiger partial charge is 0.384 e. The molecule has 2 aliphatic heterocycles. The number of amidine groups is 1. The third-order valence-corrected chi connectivity index (χ3v) is 6.85. The topological polar surface area (TPSA) is 190 Å². The molecule has 0 saturated carbocycles. The Labute approximate surface area is 219 Å². The number of carbonyl (C=O) groups is 2. The van der Waals surface area contributed by atoms with Gasteiger partial charge in [0.25, 0.3) is 17.5 Å². The number of nitrogens with one attached hydrogen (secondary N) is 2. The van der Waals surface area contributed by atoms with Gasteiger partial charge in [-0.05, 0) is 23.8 Å². The lowest BCUT2D eigenvalue weighted by Gasteiger charge is -2.35. The Kier molecular flexibility index (Phi) is 7.86. The summed E-state index contributed by atoms with van der Waals surface area (Å²) in [6.07, 6.45) is 0. The van der Waals surface area contributed by atoms with E-state index >= 15 is 0 Å². The van der Waals surface area contributed by atoms with Crippen LogP contribution in [0.2, 0.25) is 0 Å². The van der Waals surface area contributed by atoms with Gasteiger partial charge in [0.2, 0.25) is 0 Å². The van der Waals surface area contributed by atoms with E-state index in [-0.39, 0.29) is 34.9 Å². The number of hydrogen-bond donors (Lipinski definition) is 4. The van der Waals surface area contributed by atoms with Crippen LogP contribution in [0.3, 0.4) is 0 Å². The van der Waals surface area contributed by atoms with Crippen LogP contribution < -0.4 is 11.5 Å². The zero-order valence-electron chi connectivity index (χ0n) is 20.9. The van der Waals surface area contributed by atoms with Crippen LogP contribution in [0.1, 0.15) is 31.8 Å². The number of piperazine rings is 2. The van der Waals surface area contributed by atoms with Gasteiger partial charge in [0, 0.05) is 87.7 Å². The molecule has 4 rings (SSSR count). The van der Waals surface area contributed by atoms with Gasteiger partial charge < -0.3 is 26.2 Å². The van der Waals surface area contributed by atoms with Crippen LogP contribution in [0.5, 0.6) is 0 Å². The first-order valence-corrected chi connectivity index (χ1v) is 12.2. The van der Waals surface area contributed by atoms with E-state index in [9.17, 15) is 19.7 Å². The maximum absolute atomic E-state index is 13.3. The summed E-state index contributed by atoms with van der Waals surface area (Å²) < 4.78 is 0. The Hall–Kier alpha value is -4.52. The van der Waals surface area contributed by atoms with E-state index in [2.05, 4.69) is 4.90 Å². The predicted molar refractivity (Wildman–Crippen MR) is 141 cm³/mol. The number of non-ortho nitro benzene ring substituents is 1. The quantitative estimate of drug-likeness (QED) is 0.183. The van der Waals surface area contributed by atoms with Gasteiger partial charge in [-0.15, -0.1) is 0 Å². The van der Waals surface area contributed by atoms with Gasteiger partial charge in [0.05, 0.1) is 4.92 Å². The molecular weight excluding hydrogens is 490 g/mol. The highest BCUT2D eigenvalue weighted by Crippen LogP contribution is 2.21. The number of amides is 2. The Morgan fingerprint density at radius 2 is 1.26 bits per heavy atom. The zero-order chi connectivity index (χ0) is 27.4. The van der Waals surface area contributed by atoms with Gasteiger partial charge in [-0.25, -0.2) is 0 Å². The first kappa shape index (κ1) is 26.5. The summed E-state index contributed by atoms with van der Waals surface area (Å²) in [4.78, 5) is 44.4. The van der Waals surface area contributed by atoms with Gasteiger partial charge >= 0.3 is 0 Å². The second kappa shape index (κ2) is 11.3. The average Bonchev–Trinajstić information content (AvgIpc) is 2.92. The van der Waals surface area contributed by atoms with Crippen LogP contribution >= 0.6 is 0 Å². The minimum Gasteiger partial charge on any atom is -0.384 e. The summed E-state index contributed by atoms with van der Waals surface area (Å²) in [7, 11) is 0. The summed E-state index contributed by atoms with van der Waals surface area (Å²) in [5.74, 6) is -0.527. The van der Waals surface area contributed by atoms with E-state index in [0.717, 1.165) is 0 Å². The molecule has 0 spiro atoms. The third kappa shape index (κ3) is 6.06. The number of guanidine groups is 1. The normalized spacial score (nSPS) is 16.3. The lowest BCUT2D eigenvalue weighted by Crippen LogP contribution is -2.50. The second-order valence-corrected chi connectivity index (χ2v) is 9.37. The van der Waals surface area contributed by atoms with Crippen molar-refractivity contribution >= 4 is 29.3 Å². The first-order chi connectivity index (χ1) is 18.1. The van der Waals surface area contributed by atoms with Gasteiger partial charge in [-0.1, -0.05) is 12.1 Å². The molecule has 2 aliphatic rings. The predicted octanol–water partition coefficient (Wildman–Crippen LogP) is 0.488. The minimum atomic E-state index is -0.498. The average molecular weight is 522 g/mol. The molecular formula is C25H31N9O4. The third-order valence-electron chi connectivity index (χ3n) is 6.85. The smallest absolute Gasteiger partial charge is 0.270 e. The molecule has 0 bridgehead atoms. The van der Waals surface area contributed by atoms with E-state index in [1.54, 1.807) is 45.0 Å². The molecule has 0 atom stereocenters. The number of hydrogen-bond acceptors (Lipinski definition) is 7. The van der Waals surface area contributed by atoms with Crippen LogP contribution in [0.15, 0.2) is 42.5 Å². The second-order valence-electron chi connectivity index (χ2n) is 9.37. The van der Waals surface area contributed by atoms with Crippen LogP contribution in [0.25, 0.3) is 0 Å². The van der Waals surface area contributed by atoms with Crippen molar-refractivity contribution in [3.8, 4) is 0 Å². The van der Waals surface area contributed by atoms with Crippen LogP contribution in [-0.4, -0.2) is 100 Å². The standard InChI is InChI=1S/C25H31N9O4/c26-22(27)18-1-3-19(4-2-18)23(35)31-9-11-32(12-10-31)24(36)20-13-17(14-21(15-20)34(37)38)16-30-5-7-33(8-6-30)25(28)29/h1-4,13-15H,5-12,16H2,(H3,26,27)(H3,28,29). The highest BCUT2D eigenvalue weighted by Gasteiger charge is 2.27. The Morgan fingerprint density at radius 3 is 1.76 bits per heavy atom. The van der Waals surface area contributed by atoms with Crippen LogP contribution in [-0.2, 0) is 6.54 Å². The van der Waals surface area contributed by atoms with E-state index in [1.165, 1.54) is 12.1 Å². The van der Waals surface area contributed by atoms with E-state index < -0.39 is 4.92 Å². The fraction of sp³-hybridized carbons (Fsp3) is 0.360. The van der Waals surface area contributed by atoms with E-state index in [4.69, 9.17) is 22.3 Å². The highest BCUT2D eigenvalue weighted by atomic mass is 16.6. The summed E-state index contributed by atoms with van der Waals surface area (Å²) in [6.45, 7) is 4.22. The van der Waals surface area contributed by atoms with Crippen molar-refractivity contribution < 1.29 is 14.5 Å². The van der Waals surface area contributed by atoms with Gasteiger partial charge in [0.1, 0.15) is 5.84 Å².